The van der Waals surface area contributed by atoms with Crippen LogP contribution in [0.4, 0.5) is 4.79 Å². The van der Waals surface area contributed by atoms with Crippen LogP contribution in [0.25, 0.3) is 0 Å². The molecule has 0 bridgehead atoms. The quantitative estimate of drug-likeness (QED) is 0.917. The van der Waals surface area contributed by atoms with Crippen LogP contribution in [0, 0.1) is 6.92 Å². The van der Waals surface area contributed by atoms with E-state index in [-0.39, 0.29) is 18.0 Å². The van der Waals surface area contributed by atoms with Gasteiger partial charge in [0.05, 0.1) is 18.7 Å². The van der Waals surface area contributed by atoms with Gasteiger partial charge < -0.3 is 19.5 Å². The summed E-state index contributed by atoms with van der Waals surface area (Å²) in [5, 5.41) is 2.93. The molecule has 0 spiro atoms. The first-order valence-corrected chi connectivity index (χ1v) is 8.95. The van der Waals surface area contributed by atoms with E-state index in [1.165, 1.54) is 0 Å². The summed E-state index contributed by atoms with van der Waals surface area (Å²) in [6.45, 7) is 6.11. The number of carbonyl (C=O) groups excluding carboxylic acids is 2. The van der Waals surface area contributed by atoms with Crippen LogP contribution in [0.2, 0.25) is 0 Å². The molecule has 0 aliphatic carbocycles. The average molecular weight is 355 g/mol. The summed E-state index contributed by atoms with van der Waals surface area (Å²) in [7, 11) is 0. The van der Waals surface area contributed by atoms with Crippen molar-refractivity contribution in [2.75, 3.05) is 26.2 Å². The van der Waals surface area contributed by atoms with E-state index < -0.39 is 0 Å². The predicted octanol–water partition coefficient (Wildman–Crippen LogP) is 2.75. The second kappa shape index (κ2) is 8.08. The van der Waals surface area contributed by atoms with Gasteiger partial charge in [0, 0.05) is 26.2 Å². The van der Waals surface area contributed by atoms with Gasteiger partial charge in [0.2, 0.25) is 5.91 Å². The molecule has 0 radical (unpaired) electrons. The first-order chi connectivity index (χ1) is 12.5. The molecule has 1 saturated heterocycles. The lowest BCUT2D eigenvalue weighted by Gasteiger charge is -2.35. The average Bonchev–Trinajstić information content (AvgIpc) is 3.18. The third-order valence-electron chi connectivity index (χ3n) is 4.83. The van der Waals surface area contributed by atoms with E-state index in [1.807, 2.05) is 49.1 Å². The highest BCUT2D eigenvalue weighted by atomic mass is 16.3. The fourth-order valence-electron chi connectivity index (χ4n) is 3.13. The van der Waals surface area contributed by atoms with Crippen LogP contribution < -0.4 is 5.32 Å². The molecule has 1 N–H and O–H groups in total. The zero-order chi connectivity index (χ0) is 18.5. The van der Waals surface area contributed by atoms with Crippen molar-refractivity contribution in [1.29, 1.82) is 0 Å². The van der Waals surface area contributed by atoms with Crippen LogP contribution in [-0.4, -0.2) is 47.9 Å². The standard InChI is InChI=1S/C20H25N3O3/c1-15-6-3-4-7-17(15)14-19(24)22-9-11-23(12-10-22)20(25)21-16(2)18-8-5-13-26-18/h3-8,13,16H,9-12,14H2,1-2H3,(H,21,25). The summed E-state index contributed by atoms with van der Waals surface area (Å²) in [4.78, 5) is 28.5. The Hall–Kier alpha value is -2.76. The second-order valence-corrected chi connectivity index (χ2v) is 6.66. The van der Waals surface area contributed by atoms with Crippen molar-refractivity contribution in [2.24, 2.45) is 0 Å². The van der Waals surface area contributed by atoms with Gasteiger partial charge in [-0.2, -0.15) is 0 Å². The number of benzene rings is 1. The van der Waals surface area contributed by atoms with E-state index in [0.29, 0.717) is 32.6 Å². The van der Waals surface area contributed by atoms with Gasteiger partial charge in [-0.15, -0.1) is 0 Å². The Balaban J connectivity index is 1.48. The van der Waals surface area contributed by atoms with Gasteiger partial charge in [0.15, 0.2) is 0 Å². The Morgan fingerprint density at radius 1 is 1.08 bits per heavy atom. The highest BCUT2D eigenvalue weighted by Gasteiger charge is 2.25. The van der Waals surface area contributed by atoms with Crippen LogP contribution in [0.3, 0.4) is 0 Å². The number of hydrogen-bond acceptors (Lipinski definition) is 3. The van der Waals surface area contributed by atoms with Gasteiger partial charge in [0.25, 0.3) is 0 Å². The van der Waals surface area contributed by atoms with Crippen molar-refractivity contribution < 1.29 is 14.0 Å². The molecule has 1 aromatic heterocycles. The lowest BCUT2D eigenvalue weighted by molar-refractivity contribution is -0.131. The van der Waals surface area contributed by atoms with Crippen LogP contribution in [0.15, 0.2) is 47.1 Å². The van der Waals surface area contributed by atoms with Gasteiger partial charge in [-0.3, -0.25) is 4.79 Å². The molecule has 1 aliphatic rings. The zero-order valence-corrected chi connectivity index (χ0v) is 15.3. The molecule has 1 fully saturated rings. The molecular formula is C20H25N3O3. The number of furan rings is 1. The Morgan fingerprint density at radius 3 is 2.42 bits per heavy atom. The van der Waals surface area contributed by atoms with Crippen LogP contribution in [0.1, 0.15) is 29.9 Å². The molecule has 0 saturated carbocycles. The van der Waals surface area contributed by atoms with E-state index in [1.54, 1.807) is 17.2 Å². The molecule has 3 amide bonds. The number of carbonyl (C=O) groups is 2. The Kier molecular flexibility index (Phi) is 5.61. The number of piperazine rings is 1. The van der Waals surface area contributed by atoms with E-state index in [4.69, 9.17) is 4.42 Å². The topological polar surface area (TPSA) is 65.8 Å². The number of nitrogens with one attached hydrogen (secondary N) is 1. The molecule has 2 heterocycles. The molecule has 1 aromatic carbocycles. The van der Waals surface area contributed by atoms with Gasteiger partial charge in [-0.1, -0.05) is 24.3 Å². The Morgan fingerprint density at radius 2 is 1.77 bits per heavy atom. The van der Waals surface area contributed by atoms with Gasteiger partial charge in [0.1, 0.15) is 5.76 Å². The maximum absolute atomic E-state index is 12.5. The summed E-state index contributed by atoms with van der Waals surface area (Å²) in [6, 6.07) is 11.3. The van der Waals surface area contributed by atoms with Crippen LogP contribution in [0.5, 0.6) is 0 Å². The fourth-order valence-corrected chi connectivity index (χ4v) is 3.13. The zero-order valence-electron chi connectivity index (χ0n) is 15.3. The second-order valence-electron chi connectivity index (χ2n) is 6.66. The molecule has 1 atom stereocenters. The maximum atomic E-state index is 12.5. The van der Waals surface area contributed by atoms with Crippen molar-refractivity contribution in [3.05, 3.63) is 59.5 Å². The number of nitrogens with zero attached hydrogens (tertiary/aromatic N) is 2. The minimum Gasteiger partial charge on any atom is -0.467 e. The lowest BCUT2D eigenvalue weighted by Crippen LogP contribution is -2.53. The Labute approximate surface area is 153 Å². The molecule has 3 rings (SSSR count). The first kappa shape index (κ1) is 18.0. The van der Waals surface area contributed by atoms with Gasteiger partial charge >= 0.3 is 6.03 Å². The number of amides is 3. The van der Waals surface area contributed by atoms with Crippen molar-refractivity contribution in [3.8, 4) is 0 Å². The lowest BCUT2D eigenvalue weighted by atomic mass is 10.1. The molecule has 26 heavy (non-hydrogen) atoms. The van der Waals surface area contributed by atoms with Crippen molar-refractivity contribution >= 4 is 11.9 Å². The van der Waals surface area contributed by atoms with E-state index in [2.05, 4.69) is 5.32 Å². The monoisotopic (exact) mass is 355 g/mol. The molecule has 2 aromatic rings. The maximum Gasteiger partial charge on any atom is 0.318 e. The normalized spacial score (nSPS) is 15.6. The number of hydrogen-bond donors (Lipinski definition) is 1. The number of rotatable bonds is 4. The molecule has 1 aliphatic heterocycles. The molecule has 6 nitrogen and oxygen atoms in total. The van der Waals surface area contributed by atoms with E-state index in [9.17, 15) is 9.59 Å². The minimum absolute atomic E-state index is 0.114. The summed E-state index contributed by atoms with van der Waals surface area (Å²) in [5.74, 6) is 0.841. The van der Waals surface area contributed by atoms with Crippen LogP contribution in [-0.2, 0) is 11.2 Å². The molecule has 6 heteroatoms. The van der Waals surface area contributed by atoms with Gasteiger partial charge in [-0.25, -0.2) is 4.79 Å². The molecular weight excluding hydrogens is 330 g/mol. The van der Waals surface area contributed by atoms with E-state index >= 15 is 0 Å². The third kappa shape index (κ3) is 4.25. The summed E-state index contributed by atoms with van der Waals surface area (Å²) >= 11 is 0. The van der Waals surface area contributed by atoms with E-state index in [0.717, 1.165) is 16.9 Å². The van der Waals surface area contributed by atoms with Crippen molar-refractivity contribution in [2.45, 2.75) is 26.3 Å². The number of aryl methyl sites for hydroxylation is 1. The third-order valence-corrected chi connectivity index (χ3v) is 4.83. The Bertz CT molecular complexity index is 749. The highest BCUT2D eigenvalue weighted by molar-refractivity contribution is 5.80. The van der Waals surface area contributed by atoms with Crippen LogP contribution >= 0.6 is 0 Å². The largest absolute Gasteiger partial charge is 0.467 e. The predicted molar refractivity (Wildman–Crippen MR) is 98.7 cm³/mol. The number of urea groups is 1. The summed E-state index contributed by atoms with van der Waals surface area (Å²) in [5.41, 5.74) is 2.19. The molecule has 1 unspecified atom stereocenters. The van der Waals surface area contributed by atoms with Crippen molar-refractivity contribution in [1.82, 2.24) is 15.1 Å². The van der Waals surface area contributed by atoms with Crippen molar-refractivity contribution in [3.63, 3.8) is 0 Å². The minimum atomic E-state index is -0.182. The van der Waals surface area contributed by atoms with Gasteiger partial charge in [-0.05, 0) is 37.1 Å². The molecule has 138 valence electrons. The first-order valence-electron chi connectivity index (χ1n) is 8.95. The smallest absolute Gasteiger partial charge is 0.318 e. The highest BCUT2D eigenvalue weighted by Crippen LogP contribution is 2.14. The fraction of sp³-hybridized carbons (Fsp3) is 0.400. The summed E-state index contributed by atoms with van der Waals surface area (Å²) in [6.07, 6.45) is 2.01. The summed E-state index contributed by atoms with van der Waals surface area (Å²) < 4.78 is 5.31. The SMILES string of the molecule is Cc1ccccc1CC(=O)N1CCN(C(=O)NC(C)c2ccco2)CC1.